The fourth-order valence-corrected chi connectivity index (χ4v) is 2.25. The summed E-state index contributed by atoms with van der Waals surface area (Å²) < 4.78 is 0. The van der Waals surface area contributed by atoms with E-state index in [0.717, 1.165) is 32.2 Å². The van der Waals surface area contributed by atoms with Crippen molar-refractivity contribution in [3.63, 3.8) is 0 Å². The molecule has 0 aliphatic rings. The minimum atomic E-state index is 0.0531. The second-order valence-electron chi connectivity index (χ2n) is 8.53. The minimum Gasteiger partial charge on any atom is -0.356 e. The van der Waals surface area contributed by atoms with Crippen LogP contribution in [0.2, 0.25) is 0 Å². The van der Waals surface area contributed by atoms with Gasteiger partial charge in [-0.1, -0.05) is 54.4 Å². The van der Waals surface area contributed by atoms with Crippen molar-refractivity contribution in [2.45, 2.75) is 86.5 Å². The quantitative estimate of drug-likeness (QED) is 0.637. The highest BCUT2D eigenvalue weighted by Gasteiger charge is 2.16. The molecule has 0 aromatic carbocycles. The lowest BCUT2D eigenvalue weighted by molar-refractivity contribution is -0.123. The maximum atomic E-state index is 11.7. The third-order valence-corrected chi connectivity index (χ3v) is 3.12. The zero-order valence-corrected chi connectivity index (χ0v) is 15.0. The van der Waals surface area contributed by atoms with Crippen LogP contribution in [0.4, 0.5) is 0 Å². The van der Waals surface area contributed by atoms with Gasteiger partial charge in [-0.2, -0.15) is 0 Å². The van der Waals surface area contributed by atoms with Gasteiger partial charge in [-0.05, 0) is 23.7 Å². The van der Waals surface area contributed by atoms with E-state index in [-0.39, 0.29) is 16.7 Å². The first-order valence-electron chi connectivity index (χ1n) is 8.28. The fraction of sp³-hybridized carbons (Fsp3) is 0.889. The number of Topliss-reactive ketones (excluding diaryl/α,β-unsaturated/α-hetero) is 1. The number of ketones is 1. The van der Waals surface area contributed by atoms with Crippen LogP contribution in [0.1, 0.15) is 86.5 Å². The molecule has 0 saturated heterocycles. The Kier molecular flexibility index (Phi) is 8.84. The van der Waals surface area contributed by atoms with E-state index in [1.54, 1.807) is 0 Å². The maximum absolute atomic E-state index is 11.7. The smallest absolute Gasteiger partial charge is 0.220 e. The van der Waals surface area contributed by atoms with Gasteiger partial charge in [-0.3, -0.25) is 9.59 Å². The summed E-state index contributed by atoms with van der Waals surface area (Å²) in [5.74, 6) is 0.517. The van der Waals surface area contributed by atoms with Gasteiger partial charge >= 0.3 is 0 Å². The second kappa shape index (κ2) is 9.22. The Morgan fingerprint density at radius 1 is 0.762 bits per heavy atom. The summed E-state index contributed by atoms with van der Waals surface area (Å²) in [6.07, 6.45) is 6.09. The highest BCUT2D eigenvalue weighted by molar-refractivity contribution is 5.78. The summed E-state index contributed by atoms with van der Waals surface area (Å²) in [5.41, 5.74) is 0.159. The van der Waals surface area contributed by atoms with E-state index in [2.05, 4.69) is 46.9 Å². The Morgan fingerprint density at radius 2 is 1.29 bits per heavy atom. The Labute approximate surface area is 131 Å². The van der Waals surface area contributed by atoms with Crippen LogP contribution in [-0.2, 0) is 9.59 Å². The molecule has 21 heavy (non-hydrogen) atoms. The van der Waals surface area contributed by atoms with Crippen LogP contribution in [0.3, 0.4) is 0 Å². The van der Waals surface area contributed by atoms with Crippen molar-refractivity contribution in [3.05, 3.63) is 0 Å². The van der Waals surface area contributed by atoms with Crippen LogP contribution in [0.15, 0.2) is 0 Å². The van der Waals surface area contributed by atoms with E-state index < -0.39 is 0 Å². The second-order valence-corrected chi connectivity index (χ2v) is 8.53. The summed E-state index contributed by atoms with van der Waals surface area (Å²) in [6, 6.07) is 0. The number of hydrogen-bond donors (Lipinski definition) is 1. The molecule has 0 heterocycles. The SMILES string of the molecule is CC(C)(C)CC(=O)CCCCCCNC(=O)CC(C)(C)C. The van der Waals surface area contributed by atoms with Crippen molar-refractivity contribution in [1.82, 2.24) is 5.32 Å². The van der Waals surface area contributed by atoms with E-state index in [4.69, 9.17) is 0 Å². The highest BCUT2D eigenvalue weighted by atomic mass is 16.1. The van der Waals surface area contributed by atoms with E-state index in [9.17, 15) is 9.59 Å². The first-order valence-corrected chi connectivity index (χ1v) is 8.28. The van der Waals surface area contributed by atoms with Gasteiger partial charge in [0.05, 0.1) is 0 Å². The van der Waals surface area contributed by atoms with Crippen LogP contribution in [-0.4, -0.2) is 18.2 Å². The molecule has 3 heteroatoms. The Morgan fingerprint density at radius 3 is 1.81 bits per heavy atom. The van der Waals surface area contributed by atoms with Gasteiger partial charge in [0.25, 0.3) is 0 Å². The summed E-state index contributed by atoms with van der Waals surface area (Å²) in [7, 11) is 0. The van der Waals surface area contributed by atoms with Crippen LogP contribution in [0.25, 0.3) is 0 Å². The van der Waals surface area contributed by atoms with Crippen LogP contribution >= 0.6 is 0 Å². The molecular formula is C18H35NO2. The Balaban J connectivity index is 3.49. The summed E-state index contributed by atoms with van der Waals surface area (Å²) in [6.45, 7) is 13.3. The number of unbranched alkanes of at least 4 members (excludes halogenated alkanes) is 3. The van der Waals surface area contributed by atoms with Crippen molar-refractivity contribution in [2.24, 2.45) is 10.8 Å². The zero-order chi connectivity index (χ0) is 16.5. The predicted molar refractivity (Wildman–Crippen MR) is 89.2 cm³/mol. The Bertz CT molecular complexity index is 289. The first kappa shape index (κ1) is 20.1. The molecule has 0 rings (SSSR count). The molecule has 0 aliphatic heterocycles. The summed E-state index contributed by atoms with van der Waals surface area (Å²) >= 11 is 0. The van der Waals surface area contributed by atoms with Crippen LogP contribution in [0.5, 0.6) is 0 Å². The first-order chi connectivity index (χ1) is 9.49. The van der Waals surface area contributed by atoms with Crippen LogP contribution < -0.4 is 5.32 Å². The fourth-order valence-electron chi connectivity index (χ4n) is 2.25. The third kappa shape index (κ3) is 15.3. The molecule has 3 nitrogen and oxygen atoms in total. The molecule has 0 radical (unpaired) electrons. The molecule has 0 aromatic heterocycles. The summed E-state index contributed by atoms with van der Waals surface area (Å²) in [4.78, 5) is 23.3. The predicted octanol–water partition coefficient (Wildman–Crippen LogP) is 4.49. The molecule has 1 N–H and O–H groups in total. The van der Waals surface area contributed by atoms with Crippen molar-refractivity contribution in [1.29, 1.82) is 0 Å². The van der Waals surface area contributed by atoms with Crippen molar-refractivity contribution < 1.29 is 9.59 Å². The molecule has 0 unspecified atom stereocenters. The molecule has 0 aromatic rings. The zero-order valence-electron chi connectivity index (χ0n) is 15.0. The van der Waals surface area contributed by atoms with Gasteiger partial charge in [0.1, 0.15) is 5.78 Å². The number of rotatable bonds is 9. The highest BCUT2D eigenvalue weighted by Crippen LogP contribution is 2.20. The number of hydrogen-bond acceptors (Lipinski definition) is 2. The van der Waals surface area contributed by atoms with E-state index in [0.29, 0.717) is 25.0 Å². The van der Waals surface area contributed by atoms with Gasteiger partial charge in [-0.15, -0.1) is 0 Å². The molecule has 0 aliphatic carbocycles. The number of nitrogens with one attached hydrogen (secondary N) is 1. The van der Waals surface area contributed by atoms with Gasteiger partial charge in [0, 0.05) is 25.8 Å². The van der Waals surface area contributed by atoms with E-state index in [1.165, 1.54) is 0 Å². The molecule has 0 bridgehead atoms. The van der Waals surface area contributed by atoms with Gasteiger partial charge in [0.15, 0.2) is 0 Å². The average molecular weight is 297 g/mol. The molecule has 1 amide bonds. The van der Waals surface area contributed by atoms with E-state index >= 15 is 0 Å². The molecule has 0 fully saturated rings. The minimum absolute atomic E-state index is 0.0531. The summed E-state index contributed by atoms with van der Waals surface area (Å²) in [5, 5.41) is 2.96. The van der Waals surface area contributed by atoms with Crippen molar-refractivity contribution in [3.8, 4) is 0 Å². The van der Waals surface area contributed by atoms with Gasteiger partial charge < -0.3 is 5.32 Å². The van der Waals surface area contributed by atoms with Crippen molar-refractivity contribution >= 4 is 11.7 Å². The third-order valence-electron chi connectivity index (χ3n) is 3.12. The normalized spacial score (nSPS) is 12.3. The largest absolute Gasteiger partial charge is 0.356 e. The maximum Gasteiger partial charge on any atom is 0.220 e. The van der Waals surface area contributed by atoms with Crippen molar-refractivity contribution in [2.75, 3.05) is 6.54 Å². The monoisotopic (exact) mass is 297 g/mol. The molecule has 0 saturated carbocycles. The number of carbonyl (C=O) groups is 2. The van der Waals surface area contributed by atoms with Gasteiger partial charge in [-0.25, -0.2) is 0 Å². The standard InChI is InChI=1S/C18H35NO2/c1-17(2,3)13-15(20)11-9-7-8-10-12-19-16(21)14-18(4,5)6/h7-14H2,1-6H3,(H,19,21). The van der Waals surface area contributed by atoms with Crippen LogP contribution in [0, 0.1) is 10.8 Å². The average Bonchev–Trinajstić information content (AvgIpc) is 2.22. The Hall–Kier alpha value is -0.860. The lowest BCUT2D eigenvalue weighted by atomic mass is 9.88. The lowest BCUT2D eigenvalue weighted by Crippen LogP contribution is -2.28. The lowest BCUT2D eigenvalue weighted by Gasteiger charge is -2.17. The molecular weight excluding hydrogens is 262 g/mol. The number of amides is 1. The number of carbonyl (C=O) groups excluding carboxylic acids is 2. The molecule has 0 atom stereocenters. The topological polar surface area (TPSA) is 46.2 Å². The van der Waals surface area contributed by atoms with Gasteiger partial charge in [0.2, 0.25) is 5.91 Å². The molecule has 124 valence electrons. The van der Waals surface area contributed by atoms with E-state index in [1.807, 2.05) is 0 Å². The molecule has 0 spiro atoms.